The molecule has 1 aromatic carbocycles. The molecule has 0 radical (unpaired) electrons. The summed E-state index contributed by atoms with van der Waals surface area (Å²) >= 11 is 0. The van der Waals surface area contributed by atoms with Crippen LogP contribution < -0.4 is 15.8 Å². The fraction of sp³-hybridized carbons (Fsp3) is 0.375. The lowest BCUT2D eigenvalue weighted by Crippen LogP contribution is -2.45. The molecule has 0 atom stereocenters. The van der Waals surface area contributed by atoms with Crippen LogP contribution in [-0.4, -0.2) is 46.5 Å². The second-order valence-corrected chi connectivity index (χ2v) is 11.2. The summed E-state index contributed by atoms with van der Waals surface area (Å²) in [5.74, 6) is -0.559. The highest BCUT2D eigenvalue weighted by molar-refractivity contribution is 6.19. The predicted octanol–water partition coefficient (Wildman–Crippen LogP) is 4.48. The van der Waals surface area contributed by atoms with E-state index in [1.165, 1.54) is 0 Å². The number of pyridine rings is 2. The number of fused-ring (bicyclic) bond motifs is 2. The van der Waals surface area contributed by atoms with E-state index in [1.807, 2.05) is 50.4 Å². The van der Waals surface area contributed by atoms with Gasteiger partial charge in [-0.25, -0.2) is 0 Å². The van der Waals surface area contributed by atoms with Crippen LogP contribution in [0.3, 0.4) is 0 Å². The van der Waals surface area contributed by atoms with Crippen LogP contribution >= 0.6 is 0 Å². The number of ether oxygens (including phenoxy) is 1. The zero-order chi connectivity index (χ0) is 30.0. The van der Waals surface area contributed by atoms with Crippen LogP contribution in [0, 0.1) is 12.3 Å². The molecule has 5 rings (SSSR count). The Balaban J connectivity index is 1.46. The van der Waals surface area contributed by atoms with Crippen molar-refractivity contribution in [3.05, 3.63) is 87.8 Å². The first-order valence-corrected chi connectivity index (χ1v) is 14.1. The first-order chi connectivity index (χ1) is 20.1. The Morgan fingerprint density at radius 2 is 1.93 bits per heavy atom. The summed E-state index contributed by atoms with van der Waals surface area (Å²) < 4.78 is 12.6. The first kappa shape index (κ1) is 29.2. The van der Waals surface area contributed by atoms with E-state index in [-0.39, 0.29) is 17.4 Å². The molecule has 0 unspecified atom stereocenters. The number of amides is 2. The van der Waals surface area contributed by atoms with Gasteiger partial charge in [-0.1, -0.05) is 12.1 Å². The van der Waals surface area contributed by atoms with Gasteiger partial charge < -0.3 is 23.9 Å². The van der Waals surface area contributed by atoms with Crippen LogP contribution in [0.2, 0.25) is 0 Å². The number of anilines is 2. The third-order valence-electron chi connectivity index (χ3n) is 7.85. The van der Waals surface area contributed by atoms with Crippen molar-refractivity contribution in [1.82, 2.24) is 14.5 Å². The van der Waals surface area contributed by atoms with E-state index < -0.39 is 5.41 Å². The largest absolute Gasteiger partial charge is 0.464 e. The third kappa shape index (κ3) is 5.60. The second kappa shape index (κ2) is 11.9. The first-order valence-electron chi connectivity index (χ1n) is 14.1. The van der Waals surface area contributed by atoms with Gasteiger partial charge in [-0.05, 0) is 63.1 Å². The monoisotopic (exact) mass is 571 g/mol. The molecule has 2 amide bonds. The van der Waals surface area contributed by atoms with Gasteiger partial charge in [0, 0.05) is 57.8 Å². The van der Waals surface area contributed by atoms with Crippen LogP contribution in [0.1, 0.15) is 43.2 Å². The number of hydrogen-bond acceptors (Lipinski definition) is 7. The number of hydrogen-bond donors (Lipinski definition) is 1. The van der Waals surface area contributed by atoms with E-state index in [1.54, 1.807) is 49.0 Å². The highest BCUT2D eigenvalue weighted by Gasteiger charge is 2.42. The van der Waals surface area contributed by atoms with Crippen molar-refractivity contribution >= 4 is 34.2 Å². The molecule has 1 aliphatic rings. The molecule has 0 bridgehead atoms. The quantitative estimate of drug-likeness (QED) is 0.280. The molecule has 42 heavy (non-hydrogen) atoms. The molecule has 1 N–H and O–H groups in total. The van der Waals surface area contributed by atoms with E-state index in [2.05, 4.69) is 15.2 Å². The molecule has 0 aliphatic carbocycles. The number of aryl methyl sites for hydroxylation is 1. The van der Waals surface area contributed by atoms with E-state index in [9.17, 15) is 14.4 Å². The van der Waals surface area contributed by atoms with Gasteiger partial charge >= 0.3 is 0 Å². The smallest absolute Gasteiger partial charge is 0.261 e. The van der Waals surface area contributed by atoms with E-state index in [0.29, 0.717) is 61.7 Å². The Kier molecular flexibility index (Phi) is 8.29. The topological polar surface area (TPSA) is 110 Å². The van der Waals surface area contributed by atoms with Crippen molar-refractivity contribution in [3.8, 4) is 0 Å². The Morgan fingerprint density at radius 1 is 1.12 bits per heavy atom. The van der Waals surface area contributed by atoms with Crippen LogP contribution in [0.5, 0.6) is 0 Å². The van der Waals surface area contributed by atoms with Gasteiger partial charge in [0.25, 0.3) is 5.56 Å². The van der Waals surface area contributed by atoms with Crippen molar-refractivity contribution in [3.63, 3.8) is 0 Å². The van der Waals surface area contributed by atoms with Crippen molar-refractivity contribution in [1.29, 1.82) is 0 Å². The van der Waals surface area contributed by atoms with Crippen molar-refractivity contribution in [2.75, 3.05) is 30.4 Å². The average molecular weight is 572 g/mol. The fourth-order valence-corrected chi connectivity index (χ4v) is 5.45. The van der Waals surface area contributed by atoms with Gasteiger partial charge in [0.05, 0.1) is 35.3 Å². The standard InChI is InChI=1S/C32H37N5O5/c1-6-37-27-10-9-22(16-25(27)34-30(39)32(3,4)31(37)40)18-35(19-23-8-7-12-33-26(23)20-41-5)13-14-36-17-21(2)28-24(29(36)38)11-15-42-28/h7-12,15-17H,6,13-14,18-20H2,1-5H3,(H,34,39). The molecule has 3 aromatic heterocycles. The van der Waals surface area contributed by atoms with Crippen LogP contribution in [0.4, 0.5) is 11.4 Å². The lowest BCUT2D eigenvalue weighted by Gasteiger charge is -2.27. The van der Waals surface area contributed by atoms with Gasteiger partial charge in [-0.15, -0.1) is 0 Å². The molecule has 0 spiro atoms. The summed E-state index contributed by atoms with van der Waals surface area (Å²) in [7, 11) is 1.65. The Labute approximate surface area is 244 Å². The van der Waals surface area contributed by atoms with Gasteiger partial charge in [0.2, 0.25) is 11.8 Å². The van der Waals surface area contributed by atoms with Gasteiger partial charge in [-0.3, -0.25) is 24.3 Å². The zero-order valence-electron chi connectivity index (χ0n) is 24.8. The minimum Gasteiger partial charge on any atom is -0.464 e. The number of methoxy groups -OCH3 is 1. The number of furan rings is 1. The van der Waals surface area contributed by atoms with Crippen molar-refractivity contribution < 1.29 is 18.7 Å². The maximum Gasteiger partial charge on any atom is 0.261 e. The number of benzene rings is 1. The molecule has 0 fully saturated rings. The van der Waals surface area contributed by atoms with Gasteiger partial charge in [-0.2, -0.15) is 0 Å². The summed E-state index contributed by atoms with van der Waals surface area (Å²) in [6.45, 7) is 10.1. The van der Waals surface area contributed by atoms with E-state index >= 15 is 0 Å². The molecule has 0 saturated heterocycles. The number of carbonyl (C=O) groups excluding carboxylic acids is 2. The molecule has 10 heteroatoms. The lowest BCUT2D eigenvalue weighted by atomic mass is 9.91. The molecular weight excluding hydrogens is 534 g/mol. The number of nitrogens with zero attached hydrogens (tertiary/aromatic N) is 4. The molecule has 1 aliphatic heterocycles. The third-order valence-corrected chi connectivity index (χ3v) is 7.85. The minimum absolute atomic E-state index is 0.0922. The second-order valence-electron chi connectivity index (χ2n) is 11.2. The summed E-state index contributed by atoms with van der Waals surface area (Å²) in [5.41, 5.74) is 4.37. The average Bonchev–Trinajstić information content (AvgIpc) is 3.45. The SMILES string of the molecule is CCN1C(=O)C(C)(C)C(=O)Nc2cc(CN(CCn3cc(C)c4occc4c3=O)Cc3cccnc3COC)ccc21. The summed E-state index contributed by atoms with van der Waals surface area (Å²) in [4.78, 5) is 47.7. The molecule has 0 saturated carbocycles. The van der Waals surface area contributed by atoms with Crippen LogP contribution in [0.25, 0.3) is 11.0 Å². The summed E-state index contributed by atoms with van der Waals surface area (Å²) in [6.07, 6.45) is 5.13. The summed E-state index contributed by atoms with van der Waals surface area (Å²) in [6, 6.07) is 11.5. The lowest BCUT2D eigenvalue weighted by molar-refractivity contribution is -0.136. The Morgan fingerprint density at radius 3 is 2.69 bits per heavy atom. The normalized spacial score (nSPS) is 14.8. The number of rotatable bonds is 10. The molecule has 10 nitrogen and oxygen atoms in total. The fourth-order valence-electron chi connectivity index (χ4n) is 5.45. The summed E-state index contributed by atoms with van der Waals surface area (Å²) in [5, 5.41) is 3.55. The predicted molar refractivity (Wildman–Crippen MR) is 161 cm³/mol. The highest BCUT2D eigenvalue weighted by Crippen LogP contribution is 2.36. The van der Waals surface area contributed by atoms with Crippen molar-refractivity contribution in [2.24, 2.45) is 5.41 Å². The Bertz CT molecular complexity index is 1690. The maximum atomic E-state index is 13.2. The molecule has 4 aromatic rings. The molecular formula is C32H37N5O5. The van der Waals surface area contributed by atoms with E-state index in [4.69, 9.17) is 9.15 Å². The zero-order valence-corrected chi connectivity index (χ0v) is 24.8. The molecule has 4 heterocycles. The van der Waals surface area contributed by atoms with Crippen LogP contribution in [0.15, 0.2) is 64.3 Å². The number of aromatic nitrogens is 2. The Hall–Kier alpha value is -4.28. The van der Waals surface area contributed by atoms with Crippen LogP contribution in [-0.2, 0) is 40.6 Å². The number of nitrogens with one attached hydrogen (secondary N) is 1. The molecule has 220 valence electrons. The number of carbonyl (C=O) groups is 2. The maximum absolute atomic E-state index is 13.2. The highest BCUT2D eigenvalue weighted by atomic mass is 16.5. The van der Waals surface area contributed by atoms with E-state index in [0.717, 1.165) is 22.4 Å². The van der Waals surface area contributed by atoms with Gasteiger partial charge in [0.15, 0.2) is 0 Å². The minimum atomic E-state index is -1.18. The van der Waals surface area contributed by atoms with Crippen molar-refractivity contribution in [2.45, 2.75) is 53.9 Å². The van der Waals surface area contributed by atoms with Gasteiger partial charge in [0.1, 0.15) is 11.0 Å².